The van der Waals surface area contributed by atoms with Crippen LogP contribution in [0.25, 0.3) is 0 Å². The fraction of sp³-hybridized carbons (Fsp3) is 0.615. The first kappa shape index (κ1) is 15.6. The third-order valence-electron chi connectivity index (χ3n) is 2.44. The van der Waals surface area contributed by atoms with Gasteiger partial charge in [-0.15, -0.1) is 0 Å². The van der Waals surface area contributed by atoms with E-state index in [1.807, 2.05) is 6.92 Å². The molecule has 0 radical (unpaired) electrons. The van der Waals surface area contributed by atoms with E-state index < -0.39 is 5.97 Å². The maximum Gasteiger partial charge on any atom is 0.330 e. The van der Waals surface area contributed by atoms with Gasteiger partial charge in [0, 0.05) is 18.9 Å². The lowest BCUT2D eigenvalue weighted by molar-refractivity contribution is -0.136. The lowest BCUT2D eigenvalue weighted by atomic mass is 9.95. The fourth-order valence-electron chi connectivity index (χ4n) is 1.47. The number of ether oxygens (including phenoxy) is 1. The lowest BCUT2D eigenvalue weighted by Crippen LogP contribution is -2.16. The monoisotopic (exact) mass is 240 g/mol. The summed E-state index contributed by atoms with van der Waals surface area (Å²) in [4.78, 5) is 33.6. The van der Waals surface area contributed by atoms with Gasteiger partial charge in [-0.3, -0.25) is 9.59 Å². The summed E-state index contributed by atoms with van der Waals surface area (Å²) in [5.74, 6) is -1.22. The quantitative estimate of drug-likeness (QED) is 0.370. The van der Waals surface area contributed by atoms with Gasteiger partial charge in [0.25, 0.3) is 0 Å². The van der Waals surface area contributed by atoms with E-state index in [0.29, 0.717) is 0 Å². The summed E-state index contributed by atoms with van der Waals surface area (Å²) in [6.45, 7) is 3.66. The summed E-state index contributed by atoms with van der Waals surface area (Å²) in [5, 5.41) is 0. The zero-order valence-electron chi connectivity index (χ0n) is 10.7. The summed E-state index contributed by atoms with van der Waals surface area (Å²) < 4.78 is 4.47. The SMILES string of the molecule is CCC[C@@H](/C=C/C(=O)OC)CC(=O)C(=O)CC. The van der Waals surface area contributed by atoms with Crippen LogP contribution in [-0.4, -0.2) is 24.6 Å². The molecule has 0 aliphatic rings. The van der Waals surface area contributed by atoms with E-state index >= 15 is 0 Å². The molecule has 0 aromatic carbocycles. The van der Waals surface area contributed by atoms with Crippen molar-refractivity contribution in [1.29, 1.82) is 0 Å². The van der Waals surface area contributed by atoms with E-state index in [9.17, 15) is 14.4 Å². The Bertz CT molecular complexity index is 305. The molecule has 0 aromatic rings. The molecule has 96 valence electrons. The predicted molar refractivity (Wildman–Crippen MR) is 64.5 cm³/mol. The number of carbonyl (C=O) groups is 3. The number of carbonyl (C=O) groups excluding carboxylic acids is 3. The Labute approximate surface area is 102 Å². The second kappa shape index (κ2) is 8.67. The minimum Gasteiger partial charge on any atom is -0.466 e. The van der Waals surface area contributed by atoms with Crippen molar-refractivity contribution < 1.29 is 19.1 Å². The normalized spacial score (nSPS) is 12.4. The maximum atomic E-state index is 11.5. The highest BCUT2D eigenvalue weighted by Gasteiger charge is 2.16. The molecule has 0 fully saturated rings. The number of methoxy groups -OCH3 is 1. The molecule has 0 unspecified atom stereocenters. The van der Waals surface area contributed by atoms with Crippen molar-refractivity contribution >= 4 is 17.5 Å². The average Bonchev–Trinajstić information content (AvgIpc) is 2.34. The Morgan fingerprint density at radius 3 is 2.29 bits per heavy atom. The first-order valence-electron chi connectivity index (χ1n) is 5.87. The molecule has 4 nitrogen and oxygen atoms in total. The van der Waals surface area contributed by atoms with Gasteiger partial charge in [-0.25, -0.2) is 4.79 Å². The van der Waals surface area contributed by atoms with Gasteiger partial charge in [0.1, 0.15) is 0 Å². The van der Waals surface area contributed by atoms with Crippen LogP contribution in [0.2, 0.25) is 0 Å². The van der Waals surface area contributed by atoms with Crippen molar-refractivity contribution in [3.8, 4) is 0 Å². The number of esters is 1. The number of rotatable bonds is 8. The first-order valence-corrected chi connectivity index (χ1v) is 5.87. The number of hydrogen-bond acceptors (Lipinski definition) is 4. The van der Waals surface area contributed by atoms with Crippen molar-refractivity contribution in [3.63, 3.8) is 0 Å². The molecule has 4 heteroatoms. The molecule has 0 amide bonds. The van der Waals surface area contributed by atoms with Crippen LogP contribution in [0, 0.1) is 5.92 Å². The van der Waals surface area contributed by atoms with Gasteiger partial charge < -0.3 is 4.74 Å². The van der Waals surface area contributed by atoms with Gasteiger partial charge in [0.05, 0.1) is 7.11 Å². The third-order valence-corrected chi connectivity index (χ3v) is 2.44. The largest absolute Gasteiger partial charge is 0.466 e. The van der Waals surface area contributed by atoms with E-state index in [4.69, 9.17) is 0 Å². The van der Waals surface area contributed by atoms with Crippen LogP contribution >= 0.6 is 0 Å². The molecule has 0 N–H and O–H groups in total. The second-order valence-electron chi connectivity index (χ2n) is 3.84. The van der Waals surface area contributed by atoms with E-state index in [1.54, 1.807) is 13.0 Å². The van der Waals surface area contributed by atoms with Gasteiger partial charge >= 0.3 is 5.97 Å². The van der Waals surface area contributed by atoms with Crippen LogP contribution < -0.4 is 0 Å². The highest BCUT2D eigenvalue weighted by molar-refractivity contribution is 6.37. The fourth-order valence-corrected chi connectivity index (χ4v) is 1.47. The second-order valence-corrected chi connectivity index (χ2v) is 3.84. The molecule has 17 heavy (non-hydrogen) atoms. The van der Waals surface area contributed by atoms with Crippen molar-refractivity contribution in [3.05, 3.63) is 12.2 Å². The van der Waals surface area contributed by atoms with E-state index in [0.717, 1.165) is 12.8 Å². The summed E-state index contributed by atoms with van der Waals surface area (Å²) in [7, 11) is 1.30. The number of hydrogen-bond donors (Lipinski definition) is 0. The van der Waals surface area contributed by atoms with E-state index in [2.05, 4.69) is 4.74 Å². The van der Waals surface area contributed by atoms with Crippen LogP contribution in [0.4, 0.5) is 0 Å². The highest BCUT2D eigenvalue weighted by atomic mass is 16.5. The zero-order valence-corrected chi connectivity index (χ0v) is 10.7. The molecular weight excluding hydrogens is 220 g/mol. The molecule has 0 heterocycles. The average molecular weight is 240 g/mol. The van der Waals surface area contributed by atoms with Crippen molar-refractivity contribution in [1.82, 2.24) is 0 Å². The highest BCUT2D eigenvalue weighted by Crippen LogP contribution is 2.14. The molecule has 0 spiro atoms. The van der Waals surface area contributed by atoms with Gasteiger partial charge in [-0.2, -0.15) is 0 Å². The van der Waals surface area contributed by atoms with Crippen LogP contribution in [0.5, 0.6) is 0 Å². The summed E-state index contributed by atoms with van der Waals surface area (Å²) in [6.07, 6.45) is 5.03. The van der Waals surface area contributed by atoms with Crippen molar-refractivity contribution in [2.45, 2.75) is 39.5 Å². The van der Waals surface area contributed by atoms with Crippen molar-refractivity contribution in [2.75, 3.05) is 7.11 Å². The lowest BCUT2D eigenvalue weighted by Gasteiger charge is -2.09. The van der Waals surface area contributed by atoms with E-state index in [1.165, 1.54) is 13.2 Å². The Kier molecular flexibility index (Phi) is 7.93. The molecule has 0 saturated carbocycles. The Hall–Kier alpha value is -1.45. The standard InChI is InChI=1S/C13H20O4/c1-4-6-10(7-8-13(16)17-3)9-12(15)11(14)5-2/h7-8,10H,4-6,9H2,1-3H3/b8-7+/t10-/m0/s1. The van der Waals surface area contributed by atoms with E-state index in [-0.39, 0.29) is 30.3 Å². The minimum absolute atomic E-state index is 0.0675. The summed E-state index contributed by atoms with van der Waals surface area (Å²) in [5.41, 5.74) is 0. The Morgan fingerprint density at radius 1 is 1.18 bits per heavy atom. The number of allylic oxidation sites excluding steroid dienone is 1. The van der Waals surface area contributed by atoms with Gasteiger partial charge in [-0.1, -0.05) is 26.3 Å². The predicted octanol–water partition coefficient (Wildman–Crippen LogP) is 2.07. The summed E-state index contributed by atoms with van der Waals surface area (Å²) >= 11 is 0. The van der Waals surface area contributed by atoms with Crippen LogP contribution in [-0.2, 0) is 19.1 Å². The number of Topliss-reactive ketones (excluding diaryl/α,β-unsaturated/α-hetero) is 2. The Morgan fingerprint density at radius 2 is 1.82 bits per heavy atom. The molecule has 0 saturated heterocycles. The molecule has 0 aromatic heterocycles. The first-order chi connectivity index (χ1) is 8.04. The topological polar surface area (TPSA) is 60.4 Å². The van der Waals surface area contributed by atoms with Gasteiger partial charge in [0.2, 0.25) is 0 Å². The summed E-state index contributed by atoms with van der Waals surface area (Å²) in [6, 6.07) is 0. The maximum absolute atomic E-state index is 11.5. The zero-order chi connectivity index (χ0) is 13.3. The van der Waals surface area contributed by atoms with Crippen molar-refractivity contribution in [2.24, 2.45) is 5.92 Å². The van der Waals surface area contributed by atoms with Crippen LogP contribution in [0.3, 0.4) is 0 Å². The Balaban J connectivity index is 4.43. The van der Waals surface area contributed by atoms with Crippen LogP contribution in [0.15, 0.2) is 12.2 Å². The van der Waals surface area contributed by atoms with Gasteiger partial charge in [-0.05, 0) is 12.3 Å². The number of ketones is 2. The smallest absolute Gasteiger partial charge is 0.330 e. The minimum atomic E-state index is -0.444. The molecule has 0 aliphatic carbocycles. The molecule has 0 rings (SSSR count). The van der Waals surface area contributed by atoms with Crippen LogP contribution in [0.1, 0.15) is 39.5 Å². The molecule has 1 atom stereocenters. The molecule has 0 bridgehead atoms. The third kappa shape index (κ3) is 6.66. The van der Waals surface area contributed by atoms with Gasteiger partial charge in [0.15, 0.2) is 11.6 Å². The molecular formula is C13H20O4. The molecule has 0 aliphatic heterocycles.